The monoisotopic (exact) mass is 403 g/mol. The van der Waals surface area contributed by atoms with Crippen LogP contribution in [0.5, 0.6) is 5.75 Å². The van der Waals surface area contributed by atoms with E-state index in [1.807, 2.05) is 54.6 Å². The molecule has 2 aromatic carbocycles. The molecule has 7 heteroatoms. The molecule has 1 N–H and O–H groups in total. The van der Waals surface area contributed by atoms with Crippen molar-refractivity contribution in [3.8, 4) is 28.3 Å². The molecule has 0 radical (unpaired) electrons. The average Bonchev–Trinajstić information content (AvgIpc) is 3.28. The van der Waals surface area contributed by atoms with Crippen LogP contribution >= 0.6 is 0 Å². The molecule has 0 spiro atoms. The molecule has 30 heavy (non-hydrogen) atoms. The highest BCUT2D eigenvalue weighted by atomic mass is 16.5. The summed E-state index contributed by atoms with van der Waals surface area (Å²) in [5, 5.41) is 5.18. The minimum absolute atomic E-state index is 0.201. The number of benzene rings is 2. The quantitative estimate of drug-likeness (QED) is 0.560. The smallest absolute Gasteiger partial charge is 0.261 e. The average molecular weight is 403 g/mol. The van der Waals surface area contributed by atoms with Gasteiger partial charge in [0.1, 0.15) is 17.0 Å². The first kappa shape index (κ1) is 18.4. The molecule has 0 aliphatic carbocycles. The zero-order chi connectivity index (χ0) is 20.5. The van der Waals surface area contributed by atoms with E-state index in [0.717, 1.165) is 27.9 Å². The Labute approximate surface area is 172 Å². The number of rotatable bonds is 4. The van der Waals surface area contributed by atoms with Crippen LogP contribution in [-0.4, -0.2) is 43.6 Å². The van der Waals surface area contributed by atoms with E-state index in [1.54, 1.807) is 7.11 Å². The Hall–Kier alpha value is -3.58. The number of aromatic amines is 1. The number of nitrogens with one attached hydrogen (secondary N) is 1. The van der Waals surface area contributed by atoms with E-state index in [1.165, 1.54) is 0 Å². The molecule has 1 saturated heterocycles. The van der Waals surface area contributed by atoms with Gasteiger partial charge in [-0.2, -0.15) is 0 Å². The van der Waals surface area contributed by atoms with Crippen LogP contribution in [0.25, 0.3) is 33.5 Å². The molecular formula is C23H21N3O4. The third-order valence-corrected chi connectivity index (χ3v) is 5.36. The number of hydrogen-bond acceptors (Lipinski definition) is 6. The zero-order valence-electron chi connectivity index (χ0n) is 16.6. The van der Waals surface area contributed by atoms with Crippen molar-refractivity contribution in [2.45, 2.75) is 0 Å². The number of fused-ring (bicyclic) bond motifs is 1. The number of anilines is 1. The number of para-hydroxylation sites is 1. The fourth-order valence-electron chi connectivity index (χ4n) is 3.86. The summed E-state index contributed by atoms with van der Waals surface area (Å²) >= 11 is 0. The van der Waals surface area contributed by atoms with Gasteiger partial charge < -0.3 is 23.9 Å². The Bertz CT molecular complexity index is 1240. The van der Waals surface area contributed by atoms with Crippen molar-refractivity contribution in [1.29, 1.82) is 0 Å². The summed E-state index contributed by atoms with van der Waals surface area (Å²) in [6.07, 6.45) is 0. The van der Waals surface area contributed by atoms with Crippen molar-refractivity contribution in [2.75, 3.05) is 38.3 Å². The molecule has 2 aromatic heterocycles. The van der Waals surface area contributed by atoms with Crippen LogP contribution in [0, 0.1) is 0 Å². The van der Waals surface area contributed by atoms with Gasteiger partial charge in [-0.3, -0.25) is 4.79 Å². The summed E-state index contributed by atoms with van der Waals surface area (Å²) in [5.74, 6) is 1.21. The lowest BCUT2D eigenvalue weighted by molar-refractivity contribution is 0.123. The van der Waals surface area contributed by atoms with Gasteiger partial charge in [0, 0.05) is 30.1 Å². The molecule has 7 nitrogen and oxygen atoms in total. The fraction of sp³-hybridized carbons (Fsp3) is 0.217. The lowest BCUT2D eigenvalue weighted by atomic mass is 10.0. The van der Waals surface area contributed by atoms with Crippen LogP contribution < -0.4 is 15.2 Å². The summed E-state index contributed by atoms with van der Waals surface area (Å²) < 4.78 is 16.4. The summed E-state index contributed by atoms with van der Waals surface area (Å²) in [4.78, 5) is 18.3. The third-order valence-electron chi connectivity index (χ3n) is 5.36. The Kier molecular flexibility index (Phi) is 4.72. The number of H-pyrrole nitrogens is 1. The molecule has 1 aliphatic heterocycles. The van der Waals surface area contributed by atoms with E-state index >= 15 is 0 Å². The molecule has 0 saturated carbocycles. The highest BCUT2D eigenvalue weighted by Crippen LogP contribution is 2.36. The van der Waals surface area contributed by atoms with Gasteiger partial charge in [-0.1, -0.05) is 23.4 Å². The number of aromatic nitrogens is 2. The Morgan fingerprint density at radius 2 is 1.83 bits per heavy atom. The highest BCUT2D eigenvalue weighted by molar-refractivity contribution is 5.99. The fourth-order valence-corrected chi connectivity index (χ4v) is 3.86. The van der Waals surface area contributed by atoms with Crippen LogP contribution in [0.4, 0.5) is 5.69 Å². The maximum Gasteiger partial charge on any atom is 0.261 e. The standard InChI is InChI=1S/C23H21N3O4/c1-28-16-8-6-15(7-9-16)19-14-20(30-25-19)21-22(26-10-12-29-13-11-26)17-4-2-3-5-18(17)24-23(21)27/h2-9,14H,10-13H2,1H3,(H,24,27). The third kappa shape index (κ3) is 3.23. The Balaban J connectivity index is 1.66. The van der Waals surface area contributed by atoms with Crippen LogP contribution in [0.2, 0.25) is 0 Å². The van der Waals surface area contributed by atoms with E-state index < -0.39 is 0 Å². The molecule has 0 bridgehead atoms. The molecule has 4 aromatic rings. The van der Waals surface area contributed by atoms with Crippen LogP contribution in [0.3, 0.4) is 0 Å². The summed E-state index contributed by atoms with van der Waals surface area (Å²) in [6.45, 7) is 2.65. The largest absolute Gasteiger partial charge is 0.497 e. The summed E-state index contributed by atoms with van der Waals surface area (Å²) in [7, 11) is 1.63. The summed E-state index contributed by atoms with van der Waals surface area (Å²) in [6, 6.07) is 17.2. The Morgan fingerprint density at radius 3 is 2.60 bits per heavy atom. The van der Waals surface area contributed by atoms with Crippen molar-refractivity contribution in [3.05, 3.63) is 65.0 Å². The second kappa shape index (κ2) is 7.68. The number of methoxy groups -OCH3 is 1. The van der Waals surface area contributed by atoms with Gasteiger partial charge in [0.2, 0.25) is 0 Å². The lowest BCUT2D eigenvalue weighted by Gasteiger charge is -2.31. The van der Waals surface area contributed by atoms with Gasteiger partial charge in [-0.05, 0) is 30.3 Å². The van der Waals surface area contributed by atoms with Crippen molar-refractivity contribution in [1.82, 2.24) is 10.1 Å². The summed E-state index contributed by atoms with van der Waals surface area (Å²) in [5.41, 5.74) is 3.48. The van der Waals surface area contributed by atoms with Gasteiger partial charge in [-0.25, -0.2) is 0 Å². The minimum Gasteiger partial charge on any atom is -0.497 e. The van der Waals surface area contributed by atoms with Crippen molar-refractivity contribution < 1.29 is 14.0 Å². The van der Waals surface area contributed by atoms with Crippen LogP contribution in [-0.2, 0) is 4.74 Å². The SMILES string of the molecule is COc1ccc(-c2cc(-c3c(N4CCOCC4)c4ccccc4[nH]c3=O)on2)cc1. The normalized spacial score (nSPS) is 14.2. The molecule has 0 amide bonds. The molecule has 3 heterocycles. The maximum absolute atomic E-state index is 13.1. The van der Waals surface area contributed by atoms with Crippen LogP contribution in [0.15, 0.2) is 63.9 Å². The number of pyridine rings is 1. The first-order valence-electron chi connectivity index (χ1n) is 9.84. The predicted octanol–water partition coefficient (Wildman–Crippen LogP) is 3.70. The van der Waals surface area contributed by atoms with Crippen molar-refractivity contribution >= 4 is 16.6 Å². The molecule has 0 atom stereocenters. The number of morpholine rings is 1. The van der Waals surface area contributed by atoms with E-state index in [4.69, 9.17) is 14.0 Å². The number of nitrogens with zero attached hydrogens (tertiary/aromatic N) is 2. The molecule has 0 unspecified atom stereocenters. The second-order valence-corrected chi connectivity index (χ2v) is 7.13. The van der Waals surface area contributed by atoms with Gasteiger partial charge in [0.25, 0.3) is 5.56 Å². The van der Waals surface area contributed by atoms with Crippen LogP contribution in [0.1, 0.15) is 0 Å². The van der Waals surface area contributed by atoms with Crippen molar-refractivity contribution in [3.63, 3.8) is 0 Å². The zero-order valence-corrected chi connectivity index (χ0v) is 16.6. The van der Waals surface area contributed by atoms with Gasteiger partial charge in [0.15, 0.2) is 5.76 Å². The van der Waals surface area contributed by atoms with E-state index in [2.05, 4.69) is 15.0 Å². The number of hydrogen-bond donors (Lipinski definition) is 1. The maximum atomic E-state index is 13.1. The molecule has 152 valence electrons. The minimum atomic E-state index is -0.201. The van der Waals surface area contributed by atoms with E-state index in [-0.39, 0.29) is 5.56 Å². The molecule has 5 rings (SSSR count). The molecule has 1 fully saturated rings. The van der Waals surface area contributed by atoms with Gasteiger partial charge in [0.05, 0.1) is 31.5 Å². The topological polar surface area (TPSA) is 80.6 Å². The van der Waals surface area contributed by atoms with Gasteiger partial charge in [-0.15, -0.1) is 0 Å². The second-order valence-electron chi connectivity index (χ2n) is 7.13. The van der Waals surface area contributed by atoms with Gasteiger partial charge >= 0.3 is 0 Å². The number of ether oxygens (including phenoxy) is 2. The first-order chi connectivity index (χ1) is 14.7. The predicted molar refractivity (Wildman–Crippen MR) is 115 cm³/mol. The molecular weight excluding hydrogens is 382 g/mol. The van der Waals surface area contributed by atoms with E-state index in [0.29, 0.717) is 43.3 Å². The Morgan fingerprint density at radius 1 is 1.07 bits per heavy atom. The lowest BCUT2D eigenvalue weighted by Crippen LogP contribution is -2.37. The highest BCUT2D eigenvalue weighted by Gasteiger charge is 2.24. The van der Waals surface area contributed by atoms with E-state index in [9.17, 15) is 4.79 Å². The van der Waals surface area contributed by atoms with Crippen molar-refractivity contribution in [2.24, 2.45) is 0 Å². The molecule has 1 aliphatic rings. The first-order valence-corrected chi connectivity index (χ1v) is 9.84.